The number of aromatic nitrogens is 1. The van der Waals surface area contributed by atoms with Crippen molar-refractivity contribution in [1.82, 2.24) is 9.88 Å². The van der Waals surface area contributed by atoms with Crippen molar-refractivity contribution in [2.75, 3.05) is 7.05 Å². The molecule has 24 heavy (non-hydrogen) atoms. The predicted octanol–water partition coefficient (Wildman–Crippen LogP) is 3.45. The highest BCUT2D eigenvalue weighted by atomic mass is 32.1. The fourth-order valence-electron chi connectivity index (χ4n) is 3.18. The number of carbonyl (C=O) groups excluding carboxylic acids is 1. The van der Waals surface area contributed by atoms with Crippen LogP contribution in [-0.2, 0) is 12.8 Å². The van der Waals surface area contributed by atoms with Gasteiger partial charge in [0.15, 0.2) is 5.76 Å². The number of hydrogen-bond donors (Lipinski definition) is 1. The second kappa shape index (κ2) is 6.39. The Morgan fingerprint density at radius 1 is 1.50 bits per heavy atom. The molecule has 2 heterocycles. The third kappa shape index (κ3) is 2.84. The lowest BCUT2D eigenvalue weighted by Crippen LogP contribution is -2.32. The van der Waals surface area contributed by atoms with Crippen LogP contribution in [0.25, 0.3) is 0 Å². The van der Waals surface area contributed by atoms with E-state index in [4.69, 9.17) is 4.42 Å². The van der Waals surface area contributed by atoms with E-state index in [1.54, 1.807) is 30.2 Å². The lowest BCUT2D eigenvalue weighted by molar-refractivity contribution is 0.0677. The molecule has 2 aromatic heterocycles. The number of amides is 1. The number of nitrogens with zero attached hydrogens (tertiary/aromatic N) is 2. The van der Waals surface area contributed by atoms with E-state index in [2.05, 4.69) is 4.98 Å². The maximum absolute atomic E-state index is 12.8. The van der Waals surface area contributed by atoms with Crippen LogP contribution < -0.4 is 0 Å². The van der Waals surface area contributed by atoms with Gasteiger partial charge in [-0.05, 0) is 26.2 Å². The summed E-state index contributed by atoms with van der Waals surface area (Å²) in [5.41, 5.74) is 1.14. The van der Waals surface area contributed by atoms with Crippen LogP contribution in [0, 0.1) is 6.92 Å². The quantitative estimate of drug-likeness (QED) is 0.915. The van der Waals surface area contributed by atoms with Crippen LogP contribution in [0.1, 0.15) is 68.1 Å². The third-order valence-electron chi connectivity index (χ3n) is 4.39. The molecule has 7 heteroatoms. The summed E-state index contributed by atoms with van der Waals surface area (Å²) in [6, 6.07) is 1.30. The number of thiazole rings is 1. The van der Waals surface area contributed by atoms with Crippen LogP contribution in [-0.4, -0.2) is 33.9 Å². The van der Waals surface area contributed by atoms with Crippen molar-refractivity contribution in [3.8, 4) is 0 Å². The lowest BCUT2D eigenvalue weighted by Gasteiger charge is -2.30. The normalized spacial score (nSPS) is 16.7. The highest BCUT2D eigenvalue weighted by Crippen LogP contribution is 2.38. The number of aromatic carboxylic acids is 1. The molecule has 1 aliphatic rings. The summed E-state index contributed by atoms with van der Waals surface area (Å²) >= 11 is 1.63. The molecule has 1 amide bonds. The van der Waals surface area contributed by atoms with Gasteiger partial charge in [-0.1, -0.05) is 6.92 Å². The molecule has 1 N–H and O–H groups in total. The Morgan fingerprint density at radius 2 is 2.25 bits per heavy atom. The molecule has 1 unspecified atom stereocenters. The molecular weight excluding hydrogens is 328 g/mol. The summed E-state index contributed by atoms with van der Waals surface area (Å²) in [6.07, 6.45) is 3.24. The minimum Gasteiger partial charge on any atom is -0.478 e. The number of furan rings is 1. The number of carboxylic acid groups (broad SMARTS) is 1. The molecule has 2 aromatic rings. The number of aryl methyl sites for hydroxylation is 3. The van der Waals surface area contributed by atoms with Gasteiger partial charge in [0.1, 0.15) is 11.3 Å². The molecule has 0 radical (unpaired) electrons. The first kappa shape index (κ1) is 16.7. The number of rotatable bonds is 4. The van der Waals surface area contributed by atoms with E-state index in [0.29, 0.717) is 12.2 Å². The molecule has 6 nitrogen and oxygen atoms in total. The summed E-state index contributed by atoms with van der Waals surface area (Å²) in [4.78, 5) is 31.4. The molecule has 0 aliphatic heterocycles. The van der Waals surface area contributed by atoms with E-state index >= 15 is 0 Å². The maximum atomic E-state index is 12.8. The van der Waals surface area contributed by atoms with Gasteiger partial charge in [-0.3, -0.25) is 4.79 Å². The van der Waals surface area contributed by atoms with Crippen molar-refractivity contribution in [2.45, 2.75) is 45.6 Å². The van der Waals surface area contributed by atoms with Crippen molar-refractivity contribution in [3.63, 3.8) is 0 Å². The number of fused-ring (bicyclic) bond motifs is 1. The first-order chi connectivity index (χ1) is 11.4. The fourth-order valence-corrected chi connectivity index (χ4v) is 4.33. The standard InChI is InChI=1S/C17H20N2O4S/c1-4-13-10(17(21)22)8-14(23-13)16(20)19(3)12-7-5-6-11-15(12)24-9(2)18-11/h8,12H,4-7H2,1-3H3,(H,21,22). The molecule has 0 aromatic carbocycles. The van der Waals surface area contributed by atoms with E-state index in [9.17, 15) is 14.7 Å². The Kier molecular flexibility index (Phi) is 4.45. The Balaban J connectivity index is 1.89. The van der Waals surface area contributed by atoms with Gasteiger partial charge in [0, 0.05) is 19.5 Å². The van der Waals surface area contributed by atoms with Gasteiger partial charge in [0.25, 0.3) is 5.91 Å². The summed E-state index contributed by atoms with van der Waals surface area (Å²) in [5.74, 6) is -0.950. The SMILES string of the molecule is CCc1oc(C(=O)N(C)C2CCCc3nc(C)sc32)cc1C(=O)O. The van der Waals surface area contributed by atoms with Crippen molar-refractivity contribution >= 4 is 23.2 Å². The zero-order valence-corrected chi connectivity index (χ0v) is 14.8. The Hall–Kier alpha value is -2.15. The predicted molar refractivity (Wildman–Crippen MR) is 89.7 cm³/mol. The largest absolute Gasteiger partial charge is 0.478 e. The highest BCUT2D eigenvalue weighted by molar-refractivity contribution is 7.11. The van der Waals surface area contributed by atoms with Gasteiger partial charge in [-0.25, -0.2) is 9.78 Å². The summed E-state index contributed by atoms with van der Waals surface area (Å²) in [5, 5.41) is 10.2. The van der Waals surface area contributed by atoms with E-state index in [0.717, 1.165) is 34.8 Å². The summed E-state index contributed by atoms with van der Waals surface area (Å²) in [6.45, 7) is 3.78. The lowest BCUT2D eigenvalue weighted by atomic mass is 9.97. The number of carboxylic acids is 1. The fraction of sp³-hybridized carbons (Fsp3) is 0.471. The third-order valence-corrected chi connectivity index (χ3v) is 5.50. The van der Waals surface area contributed by atoms with E-state index < -0.39 is 5.97 Å². The highest BCUT2D eigenvalue weighted by Gasteiger charge is 2.32. The van der Waals surface area contributed by atoms with Gasteiger partial charge >= 0.3 is 5.97 Å². The van der Waals surface area contributed by atoms with Crippen LogP contribution in [0.2, 0.25) is 0 Å². The van der Waals surface area contributed by atoms with Crippen LogP contribution >= 0.6 is 11.3 Å². The number of hydrogen-bond acceptors (Lipinski definition) is 5. The second-order valence-electron chi connectivity index (χ2n) is 5.97. The number of carbonyl (C=O) groups is 2. The first-order valence-electron chi connectivity index (χ1n) is 8.01. The molecule has 0 fully saturated rings. The second-order valence-corrected chi connectivity index (χ2v) is 7.21. The topological polar surface area (TPSA) is 83.6 Å². The van der Waals surface area contributed by atoms with Crippen LogP contribution in [0.3, 0.4) is 0 Å². The van der Waals surface area contributed by atoms with Crippen LogP contribution in [0.4, 0.5) is 0 Å². The monoisotopic (exact) mass is 348 g/mol. The average Bonchev–Trinajstić information content (AvgIpc) is 3.15. The first-order valence-corrected chi connectivity index (χ1v) is 8.83. The van der Waals surface area contributed by atoms with Crippen molar-refractivity contribution < 1.29 is 19.1 Å². The molecule has 0 bridgehead atoms. The molecule has 0 saturated carbocycles. The molecule has 3 rings (SSSR count). The van der Waals surface area contributed by atoms with Gasteiger partial charge in [0.2, 0.25) is 0 Å². The summed E-state index contributed by atoms with van der Waals surface area (Å²) < 4.78 is 5.51. The van der Waals surface area contributed by atoms with E-state index in [-0.39, 0.29) is 23.3 Å². The Bertz CT molecular complexity index is 793. The minimum absolute atomic E-state index is 0.0316. The Labute approximate surface area is 144 Å². The smallest absolute Gasteiger partial charge is 0.339 e. The van der Waals surface area contributed by atoms with Gasteiger partial charge < -0.3 is 14.4 Å². The van der Waals surface area contributed by atoms with E-state index in [1.807, 2.05) is 6.92 Å². The molecule has 128 valence electrons. The van der Waals surface area contributed by atoms with Crippen LogP contribution in [0.15, 0.2) is 10.5 Å². The molecular formula is C17H20N2O4S. The van der Waals surface area contributed by atoms with Crippen LogP contribution in [0.5, 0.6) is 0 Å². The zero-order chi connectivity index (χ0) is 17.4. The van der Waals surface area contributed by atoms with E-state index in [1.165, 1.54) is 6.07 Å². The van der Waals surface area contributed by atoms with Gasteiger partial charge in [0.05, 0.1) is 21.6 Å². The van der Waals surface area contributed by atoms with Crippen molar-refractivity contribution in [1.29, 1.82) is 0 Å². The maximum Gasteiger partial charge on any atom is 0.339 e. The Morgan fingerprint density at radius 3 is 2.88 bits per heavy atom. The average molecular weight is 348 g/mol. The molecule has 1 atom stereocenters. The summed E-state index contributed by atoms with van der Waals surface area (Å²) in [7, 11) is 1.74. The molecule has 1 aliphatic carbocycles. The van der Waals surface area contributed by atoms with Crippen molar-refractivity contribution in [2.24, 2.45) is 0 Å². The van der Waals surface area contributed by atoms with Gasteiger partial charge in [-0.2, -0.15) is 0 Å². The molecule has 0 spiro atoms. The minimum atomic E-state index is -1.07. The zero-order valence-electron chi connectivity index (χ0n) is 14.0. The van der Waals surface area contributed by atoms with Crippen molar-refractivity contribution in [3.05, 3.63) is 38.7 Å². The molecule has 0 saturated heterocycles. The van der Waals surface area contributed by atoms with Gasteiger partial charge in [-0.15, -0.1) is 11.3 Å².